The Hall–Kier alpha value is -5.03. The fraction of sp³-hybridized carbons (Fsp3) is 0.160. The Bertz CT molecular complexity index is 2720. The third kappa shape index (κ3) is 5.53. The zero-order valence-corrected chi connectivity index (χ0v) is 33.0. The van der Waals surface area contributed by atoms with Gasteiger partial charge < -0.3 is 4.90 Å². The highest BCUT2D eigenvalue weighted by Gasteiger charge is 2.42. The highest BCUT2D eigenvalue weighted by molar-refractivity contribution is 8.00. The summed E-state index contributed by atoms with van der Waals surface area (Å²) in [7, 11) is 0. The third-order valence-electron chi connectivity index (χ3n) is 11.5. The molecule has 0 radical (unpaired) electrons. The van der Waals surface area contributed by atoms with Gasteiger partial charge in [0.2, 0.25) is 6.71 Å². The summed E-state index contributed by atoms with van der Waals surface area (Å²) < 4.78 is 2.73. The van der Waals surface area contributed by atoms with Gasteiger partial charge in [0.05, 0.1) is 0 Å². The van der Waals surface area contributed by atoms with E-state index in [2.05, 4.69) is 178 Å². The van der Waals surface area contributed by atoms with Crippen LogP contribution in [0.25, 0.3) is 42.4 Å². The van der Waals surface area contributed by atoms with Gasteiger partial charge in [-0.2, -0.15) is 0 Å². The first-order valence-electron chi connectivity index (χ1n) is 19.3. The molecule has 0 spiro atoms. The van der Waals surface area contributed by atoms with E-state index in [4.69, 9.17) is 0 Å². The molecule has 4 heteroatoms. The molecule has 0 saturated heterocycles. The predicted octanol–water partition coefficient (Wildman–Crippen LogP) is 12.8. The molecule has 0 aliphatic carbocycles. The molecule has 0 unspecified atom stereocenters. The van der Waals surface area contributed by atoms with Crippen LogP contribution in [0.1, 0.15) is 51.7 Å². The maximum Gasteiger partial charge on any atom is 0.249 e. The molecule has 7 aromatic carbocycles. The average Bonchev–Trinajstić information content (AvgIpc) is 3.57. The number of thiophene rings is 1. The van der Waals surface area contributed by atoms with Crippen molar-refractivity contribution in [1.82, 2.24) is 0 Å². The van der Waals surface area contributed by atoms with E-state index in [0.717, 1.165) is 19.3 Å². The van der Waals surface area contributed by atoms with E-state index in [0.29, 0.717) is 0 Å². The summed E-state index contributed by atoms with van der Waals surface area (Å²) in [6.45, 7) is 9.48. The maximum absolute atomic E-state index is 2.66. The lowest BCUT2D eigenvalue weighted by atomic mass is 9.34. The number of aryl methyl sites for hydroxylation is 1. The van der Waals surface area contributed by atoms with Gasteiger partial charge in [-0.3, -0.25) is 0 Å². The maximum atomic E-state index is 2.66. The highest BCUT2D eigenvalue weighted by atomic mass is 32.2. The molecular formula is C50H42BNS2. The molecule has 1 nitrogen and oxygen atoms in total. The van der Waals surface area contributed by atoms with Gasteiger partial charge in [-0.25, -0.2) is 0 Å². The lowest BCUT2D eigenvalue weighted by molar-refractivity contribution is 0.589. The summed E-state index contributed by atoms with van der Waals surface area (Å²) in [6.07, 6.45) is 3.37. The number of hydrogen-bond acceptors (Lipinski definition) is 3. The molecule has 1 aromatic heterocycles. The lowest BCUT2D eigenvalue weighted by Gasteiger charge is -2.42. The van der Waals surface area contributed by atoms with E-state index in [1.165, 1.54) is 96.8 Å². The van der Waals surface area contributed by atoms with Crippen LogP contribution in [-0.2, 0) is 11.8 Å². The van der Waals surface area contributed by atoms with Crippen molar-refractivity contribution >= 4 is 83.4 Å². The first kappa shape index (κ1) is 33.5. The van der Waals surface area contributed by atoms with Crippen molar-refractivity contribution in [3.63, 3.8) is 0 Å². The summed E-state index contributed by atoms with van der Waals surface area (Å²) in [5.41, 5.74) is 15.9. The van der Waals surface area contributed by atoms with Gasteiger partial charge in [-0.1, -0.05) is 154 Å². The Kier molecular flexibility index (Phi) is 8.12. The van der Waals surface area contributed by atoms with Crippen LogP contribution in [0.4, 0.5) is 17.1 Å². The van der Waals surface area contributed by atoms with Crippen LogP contribution >= 0.6 is 23.1 Å². The summed E-state index contributed by atoms with van der Waals surface area (Å²) in [4.78, 5) is 5.39. The summed E-state index contributed by atoms with van der Waals surface area (Å²) in [5, 5.41) is 2.70. The number of anilines is 3. The third-order valence-corrected chi connectivity index (χ3v) is 13.8. The number of fused-ring (bicyclic) bond motifs is 7. The van der Waals surface area contributed by atoms with E-state index in [1.54, 1.807) is 0 Å². The number of hydrogen-bond donors (Lipinski definition) is 0. The molecule has 0 N–H and O–H groups in total. The molecule has 2 aliphatic rings. The molecule has 0 atom stereocenters. The second-order valence-corrected chi connectivity index (χ2v) is 18.1. The minimum Gasteiger partial charge on any atom is -0.311 e. The van der Waals surface area contributed by atoms with Crippen molar-refractivity contribution < 1.29 is 0 Å². The lowest BCUT2D eigenvalue weighted by Crippen LogP contribution is -2.60. The van der Waals surface area contributed by atoms with Crippen molar-refractivity contribution in [1.29, 1.82) is 0 Å². The van der Waals surface area contributed by atoms with Crippen molar-refractivity contribution in [3.05, 3.63) is 157 Å². The SMILES string of the molecule is CCCCc1cc2sc3ccccc3c2cc1N1c2ccc(-c3ccccc3)cc2B2c3cc(-c4ccccc4)ccc3Sc3cc(C(C)(C)C)cc1c32. The summed E-state index contributed by atoms with van der Waals surface area (Å²) in [6, 6.07) is 55.3. The minimum absolute atomic E-state index is 0.0132. The average molecular weight is 732 g/mol. The van der Waals surface area contributed by atoms with Crippen LogP contribution in [-0.4, -0.2) is 6.71 Å². The quantitative estimate of drug-likeness (QED) is 0.157. The normalized spacial score (nSPS) is 13.3. The van der Waals surface area contributed by atoms with E-state index in [1.807, 2.05) is 23.1 Å². The molecule has 8 aromatic rings. The molecule has 0 bridgehead atoms. The van der Waals surface area contributed by atoms with E-state index >= 15 is 0 Å². The van der Waals surface area contributed by atoms with E-state index < -0.39 is 0 Å². The molecule has 0 fully saturated rings. The van der Waals surface area contributed by atoms with Gasteiger partial charge in [0.25, 0.3) is 0 Å². The molecule has 262 valence electrons. The van der Waals surface area contributed by atoms with Crippen molar-refractivity contribution in [3.8, 4) is 22.3 Å². The number of nitrogens with zero attached hydrogens (tertiary/aromatic N) is 1. The van der Waals surface area contributed by atoms with Crippen molar-refractivity contribution in [2.75, 3.05) is 4.90 Å². The molecule has 3 heterocycles. The molecule has 2 aliphatic heterocycles. The Balaban J connectivity index is 1.30. The minimum atomic E-state index is -0.0132. The van der Waals surface area contributed by atoms with Gasteiger partial charge in [0, 0.05) is 47.0 Å². The standard InChI is InChI=1S/C50H42BNS2/c1-5-6-15-36-28-47-39(38-20-13-14-21-45(38)53-47)31-43(36)52-42-24-22-34(32-16-9-7-10-17-32)26-40(42)51-41-27-35(33-18-11-8-12-19-33)23-25-46(41)54-48-30-37(50(2,3)4)29-44(52)49(48)51/h7-14,16-31H,5-6,15H2,1-4H3. The molecule has 54 heavy (non-hydrogen) atoms. The van der Waals surface area contributed by atoms with E-state index in [9.17, 15) is 0 Å². The van der Waals surface area contributed by atoms with Crippen molar-refractivity contribution in [2.45, 2.75) is 62.2 Å². The first-order chi connectivity index (χ1) is 26.4. The zero-order chi connectivity index (χ0) is 36.6. The fourth-order valence-electron chi connectivity index (χ4n) is 8.65. The Morgan fingerprint density at radius 2 is 1.24 bits per heavy atom. The Labute approximate surface area is 327 Å². The molecular weight excluding hydrogens is 690 g/mol. The number of benzene rings is 7. The smallest absolute Gasteiger partial charge is 0.249 e. The largest absolute Gasteiger partial charge is 0.311 e. The zero-order valence-electron chi connectivity index (χ0n) is 31.3. The van der Waals surface area contributed by atoms with Gasteiger partial charge >= 0.3 is 0 Å². The van der Waals surface area contributed by atoms with Crippen molar-refractivity contribution in [2.24, 2.45) is 0 Å². The molecule has 10 rings (SSSR count). The molecule has 0 saturated carbocycles. The van der Waals surface area contributed by atoms with Crippen LogP contribution in [0.3, 0.4) is 0 Å². The first-order valence-corrected chi connectivity index (χ1v) is 21.0. The number of unbranched alkanes of at least 4 members (excludes halogenated alkanes) is 1. The Morgan fingerprint density at radius 3 is 1.96 bits per heavy atom. The monoisotopic (exact) mass is 731 g/mol. The van der Waals surface area contributed by atoms with Crippen LogP contribution in [0.15, 0.2) is 155 Å². The topological polar surface area (TPSA) is 3.24 Å². The second kappa shape index (κ2) is 13.1. The summed E-state index contributed by atoms with van der Waals surface area (Å²) >= 11 is 3.88. The highest BCUT2D eigenvalue weighted by Crippen LogP contribution is 2.48. The van der Waals surface area contributed by atoms with Crippen LogP contribution in [0, 0.1) is 0 Å². The van der Waals surface area contributed by atoms with Crippen LogP contribution < -0.4 is 21.3 Å². The van der Waals surface area contributed by atoms with Gasteiger partial charge in [-0.05, 0) is 105 Å². The van der Waals surface area contributed by atoms with Gasteiger partial charge in [0.1, 0.15) is 0 Å². The van der Waals surface area contributed by atoms with Crippen LogP contribution in [0.2, 0.25) is 0 Å². The van der Waals surface area contributed by atoms with Gasteiger partial charge in [0.15, 0.2) is 0 Å². The number of rotatable bonds is 6. The summed E-state index contributed by atoms with van der Waals surface area (Å²) in [5.74, 6) is 0. The van der Waals surface area contributed by atoms with Gasteiger partial charge in [-0.15, -0.1) is 11.3 Å². The second-order valence-electron chi connectivity index (χ2n) is 16.0. The fourth-order valence-corrected chi connectivity index (χ4v) is 11.0. The predicted molar refractivity (Wildman–Crippen MR) is 237 cm³/mol. The van der Waals surface area contributed by atoms with E-state index in [-0.39, 0.29) is 12.1 Å². The van der Waals surface area contributed by atoms with Crippen LogP contribution in [0.5, 0.6) is 0 Å². The molecule has 0 amide bonds. The Morgan fingerprint density at radius 1 is 0.556 bits per heavy atom.